The van der Waals surface area contributed by atoms with Crippen molar-refractivity contribution in [1.82, 2.24) is 0 Å². The van der Waals surface area contributed by atoms with Crippen molar-refractivity contribution in [3.63, 3.8) is 0 Å². The Hall–Kier alpha value is -4.36. The van der Waals surface area contributed by atoms with Crippen LogP contribution in [0.25, 0.3) is 21.5 Å². The van der Waals surface area contributed by atoms with Gasteiger partial charge in [-0.3, -0.25) is 0 Å². The summed E-state index contributed by atoms with van der Waals surface area (Å²) in [7, 11) is 0. The van der Waals surface area contributed by atoms with Crippen LogP contribution in [0, 0.1) is 81.9 Å². The van der Waals surface area contributed by atoms with Crippen LogP contribution >= 0.6 is 0 Å². The molecule has 12 rings (SSSR count). The van der Waals surface area contributed by atoms with Crippen molar-refractivity contribution in [3.8, 4) is 49.4 Å². The molecular weight excluding hydrogens is 625 g/mol. The van der Waals surface area contributed by atoms with Gasteiger partial charge in [-0.15, -0.1) is 25.7 Å². The van der Waals surface area contributed by atoms with Crippen molar-refractivity contribution in [2.45, 2.75) is 116 Å². The number of hydrogen-bond acceptors (Lipinski definition) is 0. The van der Waals surface area contributed by atoms with Gasteiger partial charge in [-0.25, -0.2) is 0 Å². The molecule has 0 heteroatoms. The highest BCUT2D eigenvalue weighted by Crippen LogP contribution is 2.85. The molecule has 0 spiro atoms. The molecule has 4 atom stereocenters. The van der Waals surface area contributed by atoms with Crippen LogP contribution in [0.1, 0.15) is 138 Å². The van der Waals surface area contributed by atoms with E-state index in [0.717, 1.165) is 22.3 Å². The molecule has 258 valence electrons. The average molecular weight is 675 g/mol. The molecule has 0 N–H and O–H groups in total. The molecule has 4 aromatic rings. The Labute approximate surface area is 311 Å². The maximum atomic E-state index is 6.14. The molecule has 52 heavy (non-hydrogen) atoms. The second kappa shape index (κ2) is 9.79. The number of terminal acetylenes is 4. The van der Waals surface area contributed by atoms with Crippen LogP contribution in [0.5, 0.6) is 0 Å². The molecule has 0 heterocycles. The molecule has 8 aliphatic carbocycles. The molecule has 8 aliphatic rings. The fourth-order valence-corrected chi connectivity index (χ4v) is 17.2. The van der Waals surface area contributed by atoms with E-state index in [1.807, 2.05) is 12.1 Å². The molecule has 8 fully saturated rings. The molecule has 0 amide bonds. The first-order valence-corrected chi connectivity index (χ1v) is 19.7. The highest BCUT2D eigenvalue weighted by molar-refractivity contribution is 5.94. The zero-order valence-corrected chi connectivity index (χ0v) is 31.6. The van der Waals surface area contributed by atoms with Crippen molar-refractivity contribution in [3.05, 3.63) is 94.0 Å². The maximum absolute atomic E-state index is 6.14. The normalized spacial score (nSPS) is 40.7. The Morgan fingerprint density at radius 3 is 1.10 bits per heavy atom. The van der Waals surface area contributed by atoms with Crippen LogP contribution < -0.4 is 0 Å². The summed E-state index contributed by atoms with van der Waals surface area (Å²) >= 11 is 0. The topological polar surface area (TPSA) is 0 Å². The first-order valence-electron chi connectivity index (χ1n) is 19.7. The highest BCUT2D eigenvalue weighted by atomic mass is 14.8. The molecule has 8 bridgehead atoms. The van der Waals surface area contributed by atoms with Crippen molar-refractivity contribution in [2.24, 2.45) is 32.5 Å². The van der Waals surface area contributed by atoms with Gasteiger partial charge < -0.3 is 0 Å². The Balaban J connectivity index is 1.19. The lowest BCUT2D eigenvalue weighted by Gasteiger charge is -2.80. The van der Waals surface area contributed by atoms with Crippen molar-refractivity contribution in [2.75, 3.05) is 0 Å². The SMILES string of the molecule is C#Cc1cc(C#C)c2cccc(C34CC5(C)CC(C)(C3)CC(C36CC7(C)CC(C)(CC(c8cccc9c(C#C)cc(C#C)cc89)(C7)C3)C6)(C5)C4)c2c1. The minimum absolute atomic E-state index is 0.0952. The smallest absolute Gasteiger partial charge is 0.0333 e. The Morgan fingerprint density at radius 1 is 0.404 bits per heavy atom. The van der Waals surface area contributed by atoms with Crippen molar-refractivity contribution in [1.29, 1.82) is 0 Å². The Kier molecular flexibility index (Phi) is 6.08. The summed E-state index contributed by atoms with van der Waals surface area (Å²) in [5, 5.41) is 4.95. The van der Waals surface area contributed by atoms with Gasteiger partial charge in [-0.2, -0.15) is 0 Å². The van der Waals surface area contributed by atoms with Gasteiger partial charge in [0.1, 0.15) is 0 Å². The van der Waals surface area contributed by atoms with E-state index >= 15 is 0 Å². The van der Waals surface area contributed by atoms with Crippen LogP contribution in [-0.4, -0.2) is 0 Å². The minimum atomic E-state index is 0.0952. The highest BCUT2D eigenvalue weighted by Gasteiger charge is 2.76. The van der Waals surface area contributed by atoms with Crippen LogP contribution in [0.2, 0.25) is 0 Å². The van der Waals surface area contributed by atoms with Gasteiger partial charge in [0.2, 0.25) is 0 Å². The molecule has 0 nitrogen and oxygen atoms in total. The van der Waals surface area contributed by atoms with Crippen molar-refractivity contribution >= 4 is 21.5 Å². The van der Waals surface area contributed by atoms with Gasteiger partial charge in [-0.1, -0.05) is 87.8 Å². The number of rotatable bonds is 3. The number of benzene rings is 4. The fraction of sp³-hybridized carbons (Fsp3) is 0.462. The van der Waals surface area contributed by atoms with E-state index in [1.54, 1.807) is 0 Å². The minimum Gasteiger partial charge on any atom is -0.115 e. The summed E-state index contributed by atoms with van der Waals surface area (Å²) in [4.78, 5) is 0. The third kappa shape index (κ3) is 4.12. The second-order valence-electron chi connectivity index (χ2n) is 20.9. The molecule has 0 radical (unpaired) electrons. The lowest BCUT2D eigenvalue weighted by molar-refractivity contribution is -0.275. The summed E-state index contributed by atoms with van der Waals surface area (Å²) in [6.45, 7) is 10.7. The standard InChI is InChI=1S/C52H50/c1-9-35-19-37(11-3)39-15-13-17-43(41(39)21-35)49-25-45(5)23-46(6,26-49)30-51(29-45,33-49)52-31-47(7)24-48(8,32-52)28-50(27-47,34-52)44-18-14-16-40-38(12-4)20-36(10-2)22-42(40)44/h1-4,13-22H,23-34H2,5-8H3. The van der Waals surface area contributed by atoms with Gasteiger partial charge in [0.05, 0.1) is 0 Å². The van der Waals surface area contributed by atoms with Crippen molar-refractivity contribution < 1.29 is 0 Å². The summed E-state index contributed by atoms with van der Waals surface area (Å²) in [6.07, 6.45) is 40.1. The van der Waals surface area contributed by atoms with Crippen LogP contribution in [-0.2, 0) is 10.8 Å². The molecule has 0 aromatic heterocycles. The largest absolute Gasteiger partial charge is 0.115 e. The lowest BCUT2D eigenvalue weighted by atomic mass is 9.24. The third-order valence-electron chi connectivity index (χ3n) is 16.1. The van der Waals surface area contributed by atoms with Crippen LogP contribution in [0.4, 0.5) is 0 Å². The van der Waals surface area contributed by atoms with E-state index in [0.29, 0.717) is 21.7 Å². The average Bonchev–Trinajstić information content (AvgIpc) is 3.06. The number of hydrogen-bond donors (Lipinski definition) is 0. The molecule has 8 saturated carbocycles. The summed E-state index contributed by atoms with van der Waals surface area (Å²) in [5.74, 6) is 11.9. The fourth-order valence-electron chi connectivity index (χ4n) is 17.2. The summed E-state index contributed by atoms with van der Waals surface area (Å²) in [6, 6.07) is 22.5. The van der Waals surface area contributed by atoms with Crippen LogP contribution in [0.3, 0.4) is 0 Å². The Morgan fingerprint density at radius 2 is 0.769 bits per heavy atom. The quantitative estimate of drug-likeness (QED) is 0.190. The summed E-state index contributed by atoms with van der Waals surface area (Å²) in [5.41, 5.74) is 8.55. The zero-order valence-electron chi connectivity index (χ0n) is 31.6. The predicted molar refractivity (Wildman–Crippen MR) is 216 cm³/mol. The second-order valence-corrected chi connectivity index (χ2v) is 20.9. The van der Waals surface area contributed by atoms with E-state index in [9.17, 15) is 0 Å². The van der Waals surface area contributed by atoms with E-state index < -0.39 is 0 Å². The molecule has 0 saturated heterocycles. The maximum Gasteiger partial charge on any atom is 0.0333 e. The van der Waals surface area contributed by atoms with Gasteiger partial charge in [-0.05, 0) is 177 Å². The third-order valence-corrected chi connectivity index (χ3v) is 16.1. The first kappa shape index (κ1) is 32.3. The van der Waals surface area contributed by atoms with E-state index in [2.05, 4.69) is 99.9 Å². The molecule has 4 aromatic carbocycles. The van der Waals surface area contributed by atoms with Crippen LogP contribution in [0.15, 0.2) is 60.7 Å². The number of fused-ring (bicyclic) bond motifs is 2. The van der Waals surface area contributed by atoms with E-state index in [1.165, 1.54) is 110 Å². The lowest BCUT2D eigenvalue weighted by Crippen LogP contribution is -2.71. The predicted octanol–water partition coefficient (Wildman–Crippen LogP) is 11.9. The van der Waals surface area contributed by atoms with E-state index in [4.69, 9.17) is 25.7 Å². The van der Waals surface area contributed by atoms with Gasteiger partial charge in [0.25, 0.3) is 0 Å². The molecule has 4 unspecified atom stereocenters. The Bertz CT molecular complexity index is 2240. The molecular formula is C52H50. The van der Waals surface area contributed by atoms with Gasteiger partial charge in [0, 0.05) is 22.3 Å². The zero-order chi connectivity index (χ0) is 36.2. The molecule has 0 aliphatic heterocycles. The van der Waals surface area contributed by atoms with Gasteiger partial charge in [0.15, 0.2) is 0 Å². The van der Waals surface area contributed by atoms with Gasteiger partial charge >= 0.3 is 0 Å². The van der Waals surface area contributed by atoms with E-state index in [-0.39, 0.29) is 21.7 Å². The summed E-state index contributed by atoms with van der Waals surface area (Å²) < 4.78 is 0. The monoisotopic (exact) mass is 674 g/mol. The first-order chi connectivity index (χ1) is 24.7.